The second-order valence-corrected chi connectivity index (χ2v) is 6.79. The van der Waals surface area contributed by atoms with Crippen molar-refractivity contribution >= 4 is 16.9 Å². The summed E-state index contributed by atoms with van der Waals surface area (Å²) in [6.07, 6.45) is 5.68. The molecule has 1 aliphatic carbocycles. The first-order valence-electron chi connectivity index (χ1n) is 8.86. The third-order valence-electron chi connectivity index (χ3n) is 5.01. The van der Waals surface area contributed by atoms with Gasteiger partial charge in [0.05, 0.1) is 6.10 Å². The molecule has 2 aromatic rings. The van der Waals surface area contributed by atoms with E-state index in [2.05, 4.69) is 34.3 Å². The SMILES string of the molecule is CN(CC1CCCC1O)C(=O)NCCCn1ccc2ccccc21. The molecule has 5 heteroatoms. The fourth-order valence-corrected chi connectivity index (χ4v) is 3.58. The fourth-order valence-electron chi connectivity index (χ4n) is 3.58. The van der Waals surface area contributed by atoms with Crippen LogP contribution in [0.4, 0.5) is 4.79 Å². The number of aromatic nitrogens is 1. The molecular weight excluding hydrogens is 302 g/mol. The van der Waals surface area contributed by atoms with Crippen LogP contribution in [0.3, 0.4) is 0 Å². The van der Waals surface area contributed by atoms with Gasteiger partial charge in [0.2, 0.25) is 0 Å². The molecule has 2 amide bonds. The first kappa shape index (κ1) is 16.8. The number of para-hydroxylation sites is 1. The zero-order chi connectivity index (χ0) is 16.9. The highest BCUT2D eigenvalue weighted by Crippen LogP contribution is 2.25. The van der Waals surface area contributed by atoms with Gasteiger partial charge < -0.3 is 19.9 Å². The van der Waals surface area contributed by atoms with Crippen molar-refractivity contribution in [2.45, 2.75) is 38.3 Å². The summed E-state index contributed by atoms with van der Waals surface area (Å²) in [6.45, 7) is 2.18. The predicted molar refractivity (Wildman–Crippen MR) is 95.9 cm³/mol. The minimum atomic E-state index is -0.248. The largest absolute Gasteiger partial charge is 0.393 e. The van der Waals surface area contributed by atoms with Crippen molar-refractivity contribution in [3.63, 3.8) is 0 Å². The Kier molecular flexibility index (Phi) is 5.41. The normalized spacial score (nSPS) is 20.4. The van der Waals surface area contributed by atoms with Crippen molar-refractivity contribution in [3.05, 3.63) is 36.5 Å². The van der Waals surface area contributed by atoms with Gasteiger partial charge in [-0.1, -0.05) is 24.6 Å². The van der Waals surface area contributed by atoms with Crippen LogP contribution in [0.15, 0.2) is 36.5 Å². The molecule has 0 aliphatic heterocycles. The molecule has 2 N–H and O–H groups in total. The van der Waals surface area contributed by atoms with E-state index >= 15 is 0 Å². The van der Waals surface area contributed by atoms with E-state index in [0.717, 1.165) is 32.2 Å². The molecule has 1 fully saturated rings. The van der Waals surface area contributed by atoms with E-state index in [1.165, 1.54) is 10.9 Å². The first-order valence-corrected chi connectivity index (χ1v) is 8.86. The second-order valence-electron chi connectivity index (χ2n) is 6.79. The minimum absolute atomic E-state index is 0.0496. The second kappa shape index (κ2) is 7.71. The van der Waals surface area contributed by atoms with Gasteiger partial charge in [0.25, 0.3) is 0 Å². The molecule has 130 valence electrons. The molecule has 5 nitrogen and oxygen atoms in total. The Labute approximate surface area is 143 Å². The maximum atomic E-state index is 12.1. The Morgan fingerprint density at radius 2 is 2.17 bits per heavy atom. The topological polar surface area (TPSA) is 57.5 Å². The molecule has 0 bridgehead atoms. The fraction of sp³-hybridized carbons (Fsp3) is 0.526. The Morgan fingerprint density at radius 1 is 1.33 bits per heavy atom. The first-order chi connectivity index (χ1) is 11.6. The molecule has 2 atom stereocenters. The third-order valence-corrected chi connectivity index (χ3v) is 5.01. The summed E-state index contributed by atoms with van der Waals surface area (Å²) in [7, 11) is 1.81. The Morgan fingerprint density at radius 3 is 2.96 bits per heavy atom. The monoisotopic (exact) mass is 329 g/mol. The number of carbonyl (C=O) groups excluding carboxylic acids is 1. The van der Waals surface area contributed by atoms with Gasteiger partial charge in [-0.2, -0.15) is 0 Å². The number of nitrogens with zero attached hydrogens (tertiary/aromatic N) is 2. The summed E-state index contributed by atoms with van der Waals surface area (Å²) in [5, 5.41) is 14.1. The number of amides is 2. The van der Waals surface area contributed by atoms with Crippen LogP contribution in [0, 0.1) is 5.92 Å². The van der Waals surface area contributed by atoms with Gasteiger partial charge in [-0.05, 0) is 36.8 Å². The molecule has 1 aromatic heterocycles. The maximum Gasteiger partial charge on any atom is 0.317 e. The molecule has 1 heterocycles. The van der Waals surface area contributed by atoms with Gasteiger partial charge in [0.1, 0.15) is 0 Å². The standard InChI is InChI=1S/C19H27N3O2/c1-21(14-16-7-4-9-18(16)23)19(24)20-11-5-12-22-13-10-15-6-2-3-8-17(15)22/h2-3,6,8,10,13,16,18,23H,4-5,7,9,11-12,14H2,1H3,(H,20,24). The Hall–Kier alpha value is -2.01. The molecular formula is C19H27N3O2. The molecule has 3 rings (SSSR count). The van der Waals surface area contributed by atoms with Crippen LogP contribution in [-0.2, 0) is 6.54 Å². The van der Waals surface area contributed by atoms with E-state index in [1.807, 2.05) is 12.1 Å². The summed E-state index contributed by atoms with van der Waals surface area (Å²) < 4.78 is 2.22. The molecule has 0 spiro atoms. The number of rotatable bonds is 6. The zero-order valence-electron chi connectivity index (χ0n) is 14.3. The van der Waals surface area contributed by atoms with E-state index in [1.54, 1.807) is 11.9 Å². The average molecular weight is 329 g/mol. The van der Waals surface area contributed by atoms with Gasteiger partial charge in [-0.25, -0.2) is 4.79 Å². The predicted octanol–water partition coefficient (Wildman–Crippen LogP) is 2.83. The number of nitrogens with one attached hydrogen (secondary N) is 1. The van der Waals surface area contributed by atoms with Crippen molar-refractivity contribution in [3.8, 4) is 0 Å². The van der Waals surface area contributed by atoms with Crippen molar-refractivity contribution in [2.24, 2.45) is 5.92 Å². The van der Waals surface area contributed by atoms with Gasteiger partial charge in [0.15, 0.2) is 0 Å². The number of carbonyl (C=O) groups is 1. The van der Waals surface area contributed by atoms with E-state index in [0.29, 0.717) is 13.1 Å². The van der Waals surface area contributed by atoms with E-state index in [-0.39, 0.29) is 18.1 Å². The minimum Gasteiger partial charge on any atom is -0.393 e. The lowest BCUT2D eigenvalue weighted by Crippen LogP contribution is -2.41. The quantitative estimate of drug-likeness (QED) is 0.801. The Balaban J connectivity index is 1.40. The third kappa shape index (κ3) is 3.90. The van der Waals surface area contributed by atoms with Crippen LogP contribution in [0.2, 0.25) is 0 Å². The van der Waals surface area contributed by atoms with Gasteiger partial charge in [-0.15, -0.1) is 0 Å². The number of aliphatic hydroxyl groups is 1. The van der Waals surface area contributed by atoms with E-state index < -0.39 is 0 Å². The highest BCUT2D eigenvalue weighted by atomic mass is 16.3. The lowest BCUT2D eigenvalue weighted by atomic mass is 10.1. The molecule has 1 saturated carbocycles. The van der Waals surface area contributed by atoms with Crippen LogP contribution < -0.4 is 5.32 Å². The highest BCUT2D eigenvalue weighted by Gasteiger charge is 2.27. The number of hydrogen-bond acceptors (Lipinski definition) is 2. The number of urea groups is 1. The molecule has 24 heavy (non-hydrogen) atoms. The van der Waals surface area contributed by atoms with Crippen molar-refractivity contribution < 1.29 is 9.90 Å². The van der Waals surface area contributed by atoms with Gasteiger partial charge in [0, 0.05) is 44.3 Å². The molecule has 0 radical (unpaired) electrons. The van der Waals surface area contributed by atoms with Crippen molar-refractivity contribution in [2.75, 3.05) is 20.1 Å². The Bertz CT molecular complexity index is 682. The smallest absolute Gasteiger partial charge is 0.317 e. The number of aliphatic hydroxyl groups excluding tert-OH is 1. The summed E-state index contributed by atoms with van der Waals surface area (Å²) in [5.41, 5.74) is 1.23. The molecule has 1 aromatic carbocycles. The lowest BCUT2D eigenvalue weighted by Gasteiger charge is -2.23. The summed E-state index contributed by atoms with van der Waals surface area (Å²) in [6, 6.07) is 10.4. The lowest BCUT2D eigenvalue weighted by molar-refractivity contribution is 0.114. The number of hydrogen-bond donors (Lipinski definition) is 2. The van der Waals surface area contributed by atoms with Crippen LogP contribution in [-0.4, -0.2) is 46.8 Å². The van der Waals surface area contributed by atoms with Gasteiger partial charge in [-0.3, -0.25) is 0 Å². The number of benzene rings is 1. The van der Waals surface area contributed by atoms with Crippen LogP contribution >= 0.6 is 0 Å². The summed E-state index contributed by atoms with van der Waals surface area (Å²) >= 11 is 0. The zero-order valence-corrected chi connectivity index (χ0v) is 14.3. The molecule has 1 aliphatic rings. The number of fused-ring (bicyclic) bond motifs is 1. The summed E-state index contributed by atoms with van der Waals surface area (Å²) in [5.74, 6) is 0.229. The number of aryl methyl sites for hydroxylation is 1. The molecule has 0 saturated heterocycles. The molecule has 2 unspecified atom stereocenters. The van der Waals surface area contributed by atoms with Crippen LogP contribution in [0.1, 0.15) is 25.7 Å². The van der Waals surface area contributed by atoms with Crippen molar-refractivity contribution in [1.82, 2.24) is 14.8 Å². The van der Waals surface area contributed by atoms with Crippen LogP contribution in [0.5, 0.6) is 0 Å². The highest BCUT2D eigenvalue weighted by molar-refractivity contribution is 5.79. The van der Waals surface area contributed by atoms with Gasteiger partial charge >= 0.3 is 6.03 Å². The van der Waals surface area contributed by atoms with Crippen LogP contribution in [0.25, 0.3) is 10.9 Å². The summed E-state index contributed by atoms with van der Waals surface area (Å²) in [4.78, 5) is 13.8. The van der Waals surface area contributed by atoms with E-state index in [9.17, 15) is 9.90 Å². The van der Waals surface area contributed by atoms with E-state index in [4.69, 9.17) is 0 Å². The van der Waals surface area contributed by atoms with Crippen molar-refractivity contribution in [1.29, 1.82) is 0 Å². The maximum absolute atomic E-state index is 12.1. The average Bonchev–Trinajstić information content (AvgIpc) is 3.18.